The summed E-state index contributed by atoms with van der Waals surface area (Å²) in [5, 5.41) is 3.11. The first-order valence-corrected chi connectivity index (χ1v) is 18.0. The molecule has 2 unspecified atom stereocenters. The number of hydrogen-bond acceptors (Lipinski definition) is 5. The molecule has 0 spiro atoms. The predicted octanol–water partition coefficient (Wildman–Crippen LogP) is 8.36. The molecule has 2 amide bonds. The van der Waals surface area contributed by atoms with Gasteiger partial charge in [-0.1, -0.05) is 76.9 Å². The van der Waals surface area contributed by atoms with Gasteiger partial charge in [-0.05, 0) is 120 Å². The predicted molar refractivity (Wildman–Crippen MR) is 199 cm³/mol. The molecule has 4 aromatic carbocycles. The zero-order valence-corrected chi connectivity index (χ0v) is 30.2. The Bertz CT molecular complexity index is 1860. The van der Waals surface area contributed by atoms with Crippen molar-refractivity contribution in [3.05, 3.63) is 130 Å². The van der Waals surface area contributed by atoms with Crippen LogP contribution in [0.3, 0.4) is 0 Å². The van der Waals surface area contributed by atoms with Crippen molar-refractivity contribution in [1.29, 1.82) is 0 Å². The van der Waals surface area contributed by atoms with Gasteiger partial charge in [-0.3, -0.25) is 9.59 Å². The summed E-state index contributed by atoms with van der Waals surface area (Å²) < 4.78 is 43.1. The van der Waals surface area contributed by atoms with Crippen molar-refractivity contribution in [2.75, 3.05) is 19.6 Å². The number of halogens is 4. The van der Waals surface area contributed by atoms with Gasteiger partial charge in [-0.25, -0.2) is 4.79 Å². The van der Waals surface area contributed by atoms with E-state index in [-0.39, 0.29) is 24.1 Å². The quantitative estimate of drug-likeness (QED) is 0.0808. The Morgan fingerprint density at radius 1 is 0.885 bits per heavy atom. The van der Waals surface area contributed by atoms with Gasteiger partial charge in [0.1, 0.15) is 5.75 Å². The Balaban J connectivity index is 1.28. The van der Waals surface area contributed by atoms with E-state index in [9.17, 15) is 27.6 Å². The summed E-state index contributed by atoms with van der Waals surface area (Å²) in [6.45, 7) is 1.90. The number of carbonyl (C=O) groups is 3. The van der Waals surface area contributed by atoms with Gasteiger partial charge in [-0.15, -0.1) is 0 Å². The van der Waals surface area contributed by atoms with E-state index in [1.807, 2.05) is 66.7 Å². The van der Waals surface area contributed by atoms with Crippen LogP contribution in [0.5, 0.6) is 5.75 Å². The number of ether oxygens (including phenoxy) is 1. The number of rotatable bonds is 13. The fourth-order valence-corrected chi connectivity index (χ4v) is 6.58. The zero-order chi connectivity index (χ0) is 37.1. The summed E-state index contributed by atoms with van der Waals surface area (Å²) in [6.07, 6.45) is 2.98. The van der Waals surface area contributed by atoms with Crippen LogP contribution in [0.25, 0.3) is 17.2 Å². The number of amides is 2. The number of esters is 1. The van der Waals surface area contributed by atoms with Crippen LogP contribution in [0.15, 0.2) is 108 Å². The molecule has 1 aliphatic carbocycles. The summed E-state index contributed by atoms with van der Waals surface area (Å²) >= 11 is 3.42. The first-order chi connectivity index (χ1) is 25.0. The second-order valence-electron chi connectivity index (χ2n) is 13.1. The average Bonchev–Trinajstić information content (AvgIpc) is 3.15. The van der Waals surface area contributed by atoms with E-state index >= 15 is 0 Å². The minimum Gasteiger partial charge on any atom is -0.420 e. The largest absolute Gasteiger partial charge is 0.491 e. The van der Waals surface area contributed by atoms with Gasteiger partial charge in [0.25, 0.3) is 5.91 Å². The van der Waals surface area contributed by atoms with Crippen LogP contribution in [0, 0.1) is 11.8 Å². The molecule has 11 heteroatoms. The minimum absolute atomic E-state index is 0.117. The lowest BCUT2D eigenvalue weighted by Gasteiger charge is -2.28. The number of nitrogens with two attached hydrogens (primary N) is 1. The van der Waals surface area contributed by atoms with E-state index in [1.54, 1.807) is 29.2 Å². The van der Waals surface area contributed by atoms with Crippen LogP contribution in [-0.2, 0) is 22.6 Å². The van der Waals surface area contributed by atoms with Crippen LogP contribution in [0.4, 0.5) is 13.2 Å². The molecule has 2 atom stereocenters. The van der Waals surface area contributed by atoms with Crippen molar-refractivity contribution >= 4 is 39.8 Å². The van der Waals surface area contributed by atoms with Crippen molar-refractivity contribution in [2.45, 2.75) is 44.8 Å². The Morgan fingerprint density at radius 2 is 1.58 bits per heavy atom. The van der Waals surface area contributed by atoms with E-state index in [4.69, 9.17) is 5.73 Å². The highest BCUT2D eigenvalue weighted by Gasteiger charge is 2.41. The van der Waals surface area contributed by atoms with Crippen LogP contribution < -0.4 is 15.8 Å². The first kappa shape index (κ1) is 38.5. The van der Waals surface area contributed by atoms with Crippen LogP contribution in [0.1, 0.15) is 52.7 Å². The molecule has 0 bridgehead atoms. The van der Waals surface area contributed by atoms with E-state index in [0.29, 0.717) is 43.5 Å². The van der Waals surface area contributed by atoms with E-state index in [1.165, 1.54) is 18.2 Å². The molecule has 0 aliphatic heterocycles. The van der Waals surface area contributed by atoms with E-state index < -0.39 is 12.1 Å². The van der Waals surface area contributed by atoms with E-state index in [0.717, 1.165) is 58.0 Å². The third-order valence-electron chi connectivity index (χ3n) is 9.17. The smallest absolute Gasteiger partial charge is 0.420 e. The zero-order valence-electron chi connectivity index (χ0n) is 28.6. The Labute approximate surface area is 310 Å². The number of hydrogen-bond donors (Lipinski definition) is 2. The summed E-state index contributed by atoms with van der Waals surface area (Å²) in [4.78, 5) is 39.6. The lowest BCUT2D eigenvalue weighted by Crippen LogP contribution is -2.33. The van der Waals surface area contributed by atoms with Crippen molar-refractivity contribution in [2.24, 2.45) is 17.6 Å². The molecule has 4 aromatic rings. The maximum absolute atomic E-state index is 13.6. The second-order valence-corrected chi connectivity index (χ2v) is 14.0. The molecule has 3 N–H and O–H groups in total. The average molecular weight is 777 g/mol. The maximum atomic E-state index is 13.6. The molecule has 0 saturated heterocycles. The molecule has 1 saturated carbocycles. The molecule has 7 nitrogen and oxygen atoms in total. The highest BCUT2D eigenvalue weighted by atomic mass is 79.9. The van der Waals surface area contributed by atoms with Gasteiger partial charge in [0, 0.05) is 35.7 Å². The van der Waals surface area contributed by atoms with Gasteiger partial charge in [0.05, 0.1) is 0 Å². The van der Waals surface area contributed by atoms with Gasteiger partial charge in [0.15, 0.2) is 0 Å². The monoisotopic (exact) mass is 775 g/mol. The molecule has 5 rings (SSSR count). The lowest BCUT2D eigenvalue weighted by atomic mass is 9.81. The Hall–Kier alpha value is -4.74. The Kier molecular flexibility index (Phi) is 13.4. The van der Waals surface area contributed by atoms with Crippen molar-refractivity contribution in [3.63, 3.8) is 0 Å². The molecular formula is C41H41BrF3N3O4. The van der Waals surface area contributed by atoms with Crippen molar-refractivity contribution in [1.82, 2.24) is 10.2 Å². The third kappa shape index (κ3) is 11.4. The summed E-state index contributed by atoms with van der Waals surface area (Å²) in [7, 11) is 0. The highest BCUT2D eigenvalue weighted by Crippen LogP contribution is 2.28. The van der Waals surface area contributed by atoms with Crippen LogP contribution in [0.2, 0.25) is 0 Å². The van der Waals surface area contributed by atoms with Crippen LogP contribution >= 0.6 is 15.9 Å². The number of nitrogens with zero attached hydrogens (tertiary/aromatic N) is 1. The first-order valence-electron chi connectivity index (χ1n) is 17.2. The van der Waals surface area contributed by atoms with Crippen molar-refractivity contribution < 1.29 is 32.3 Å². The van der Waals surface area contributed by atoms with E-state index in [2.05, 4.69) is 26.0 Å². The molecule has 0 radical (unpaired) electrons. The SMILES string of the molecule is NCC1CCCC(CNC(=O)c2cccc(-c3cccc(CN(CCc4ccc(OC(=O)C(F)(F)F)cc4)C(=O)/C=C/c4ccc(Br)cc4)c3)c2)C1. The van der Waals surface area contributed by atoms with Crippen LogP contribution in [-0.4, -0.2) is 48.5 Å². The lowest BCUT2D eigenvalue weighted by molar-refractivity contribution is -0.189. The molecule has 0 aromatic heterocycles. The maximum Gasteiger partial charge on any atom is 0.491 e. The topological polar surface area (TPSA) is 102 Å². The van der Waals surface area contributed by atoms with Crippen molar-refractivity contribution in [3.8, 4) is 16.9 Å². The number of nitrogens with one attached hydrogen (secondary N) is 1. The highest BCUT2D eigenvalue weighted by molar-refractivity contribution is 9.10. The van der Waals surface area contributed by atoms with Gasteiger partial charge in [-0.2, -0.15) is 13.2 Å². The fourth-order valence-electron chi connectivity index (χ4n) is 6.32. The molecule has 1 aliphatic rings. The normalized spacial score (nSPS) is 16.0. The molecule has 272 valence electrons. The summed E-state index contributed by atoms with van der Waals surface area (Å²) in [5.41, 5.74) is 10.7. The van der Waals surface area contributed by atoms with Gasteiger partial charge < -0.3 is 20.7 Å². The summed E-state index contributed by atoms with van der Waals surface area (Å²) in [5.74, 6) is -1.90. The number of alkyl halides is 3. The molecule has 0 heterocycles. The van der Waals surface area contributed by atoms with Gasteiger partial charge in [0.2, 0.25) is 5.91 Å². The molecule has 1 fully saturated rings. The third-order valence-corrected chi connectivity index (χ3v) is 9.70. The second kappa shape index (κ2) is 18.1. The van der Waals surface area contributed by atoms with Gasteiger partial charge >= 0.3 is 12.1 Å². The summed E-state index contributed by atoms with van der Waals surface area (Å²) in [6, 6.07) is 28.5. The number of benzene rings is 4. The standard InChI is InChI=1S/C41H41BrF3N3O4/c42-36-15-10-28(11-16-36)14-19-38(49)48(21-20-29-12-17-37(18-13-29)52-40(51)41(43,44)45)27-32-6-2-7-33(23-32)34-8-3-9-35(24-34)39(50)47-26-31-5-1-4-30(22-31)25-46/h2-3,6-19,23-24,30-31H,1,4-5,20-22,25-27,46H2,(H,47,50)/b19-14+. The minimum atomic E-state index is -5.10. The number of carbonyl (C=O) groups excluding carboxylic acids is 3. The Morgan fingerprint density at radius 3 is 2.29 bits per heavy atom. The molecular weight excluding hydrogens is 735 g/mol. The fraction of sp³-hybridized carbons (Fsp3) is 0.293. The molecule has 52 heavy (non-hydrogen) atoms.